The number of ketones is 1. The second kappa shape index (κ2) is 8.54. The van der Waals surface area contributed by atoms with E-state index in [2.05, 4.69) is 0 Å². The largest absolute Gasteiger partial charge is 0.497 e. The molecular formula is C27H21ClFNO4. The first-order chi connectivity index (χ1) is 16.4. The van der Waals surface area contributed by atoms with Gasteiger partial charge in [-0.25, -0.2) is 4.39 Å². The maximum atomic E-state index is 14.1. The Hall–Kier alpha value is -3.77. The first-order valence-corrected chi connectivity index (χ1v) is 11.0. The highest BCUT2D eigenvalue weighted by molar-refractivity contribution is 6.31. The summed E-state index contributed by atoms with van der Waals surface area (Å²) in [5.41, 5.74) is 3.23. The number of aryl methyl sites for hydroxylation is 1. The number of halogens is 2. The number of benzene rings is 3. The highest BCUT2D eigenvalue weighted by atomic mass is 35.5. The van der Waals surface area contributed by atoms with E-state index in [0.717, 1.165) is 22.2 Å². The highest BCUT2D eigenvalue weighted by Crippen LogP contribution is 2.40. The monoisotopic (exact) mass is 477 g/mol. The molecule has 1 aliphatic heterocycles. The zero-order valence-electron chi connectivity index (χ0n) is 18.8. The first-order valence-electron chi connectivity index (χ1n) is 10.6. The maximum absolute atomic E-state index is 14.1. The van der Waals surface area contributed by atoms with Crippen LogP contribution in [0.25, 0.3) is 17.0 Å². The molecule has 0 fully saturated rings. The molecular weight excluding hydrogens is 457 g/mol. The van der Waals surface area contributed by atoms with E-state index in [9.17, 15) is 9.18 Å². The molecule has 0 N–H and O–H groups in total. The van der Waals surface area contributed by atoms with Crippen LogP contribution in [0.3, 0.4) is 0 Å². The number of hydrogen-bond donors (Lipinski definition) is 0. The Bertz CT molecular complexity index is 1470. The van der Waals surface area contributed by atoms with E-state index >= 15 is 0 Å². The van der Waals surface area contributed by atoms with Crippen LogP contribution in [0.15, 0.2) is 60.5 Å². The van der Waals surface area contributed by atoms with Gasteiger partial charge in [-0.05, 0) is 55.5 Å². The summed E-state index contributed by atoms with van der Waals surface area (Å²) in [6, 6.07) is 13.6. The third kappa shape index (κ3) is 3.70. The van der Waals surface area contributed by atoms with Crippen LogP contribution < -0.4 is 14.2 Å². The van der Waals surface area contributed by atoms with E-state index in [1.165, 1.54) is 6.07 Å². The molecule has 172 valence electrons. The van der Waals surface area contributed by atoms with Crippen LogP contribution in [-0.2, 0) is 13.7 Å². The Labute approximate surface area is 200 Å². The van der Waals surface area contributed by atoms with Gasteiger partial charge in [0, 0.05) is 40.8 Å². The fourth-order valence-electron chi connectivity index (χ4n) is 4.13. The Morgan fingerprint density at radius 3 is 2.76 bits per heavy atom. The highest BCUT2D eigenvalue weighted by Gasteiger charge is 2.30. The summed E-state index contributed by atoms with van der Waals surface area (Å²) >= 11 is 6.10. The minimum absolute atomic E-state index is 0.0420. The number of nitrogens with zero attached hydrogens (tertiary/aromatic N) is 1. The summed E-state index contributed by atoms with van der Waals surface area (Å²) in [6.45, 7) is 1.76. The van der Waals surface area contributed by atoms with Crippen molar-refractivity contribution in [1.82, 2.24) is 4.57 Å². The Morgan fingerprint density at radius 1 is 1.18 bits per heavy atom. The molecule has 1 aromatic heterocycles. The summed E-state index contributed by atoms with van der Waals surface area (Å²) in [4.78, 5) is 13.1. The summed E-state index contributed by atoms with van der Waals surface area (Å²) in [7, 11) is 3.56. The number of fused-ring (bicyclic) bond motifs is 2. The van der Waals surface area contributed by atoms with Crippen LogP contribution in [0.2, 0.25) is 5.02 Å². The molecule has 3 aromatic carbocycles. The van der Waals surface area contributed by atoms with Crippen molar-refractivity contribution in [3.05, 3.63) is 93.6 Å². The van der Waals surface area contributed by atoms with Crippen molar-refractivity contribution in [2.75, 3.05) is 7.11 Å². The average molecular weight is 478 g/mol. The molecule has 0 amide bonds. The third-order valence-electron chi connectivity index (χ3n) is 5.98. The number of carbonyl (C=O) groups is 1. The molecule has 0 atom stereocenters. The number of allylic oxidation sites excluding steroid dienone is 1. The minimum Gasteiger partial charge on any atom is -0.497 e. The van der Waals surface area contributed by atoms with Gasteiger partial charge in [-0.2, -0.15) is 0 Å². The number of aromatic nitrogens is 1. The molecule has 4 aromatic rings. The number of methoxy groups -OCH3 is 1. The fourth-order valence-corrected chi connectivity index (χ4v) is 4.35. The number of Topliss-reactive ketones (excluding diaryl/α,β-unsaturated/α-hetero) is 1. The summed E-state index contributed by atoms with van der Waals surface area (Å²) in [5, 5.41) is 1.24. The standard InChI is InChI=1S/C27H21ClFNO4/c1-15-24(33-14-20-21(28)5-4-6-22(20)29)10-8-18-26(31)25(34-27(15)18)11-16-13-30(2)23-9-7-17(32-3)12-19(16)23/h4-13H,14H2,1-3H3/b25-11-. The van der Waals surface area contributed by atoms with Crippen molar-refractivity contribution in [2.24, 2.45) is 7.05 Å². The molecule has 1 aliphatic rings. The third-order valence-corrected chi connectivity index (χ3v) is 6.34. The molecule has 0 radical (unpaired) electrons. The smallest absolute Gasteiger partial charge is 0.231 e. The molecule has 0 saturated carbocycles. The van der Waals surface area contributed by atoms with Gasteiger partial charge in [0.1, 0.15) is 29.7 Å². The maximum Gasteiger partial charge on any atom is 0.231 e. The number of carbonyl (C=O) groups excluding carboxylic acids is 1. The number of rotatable bonds is 5. The average Bonchev–Trinajstić information content (AvgIpc) is 3.31. The quantitative estimate of drug-likeness (QED) is 0.308. The van der Waals surface area contributed by atoms with Gasteiger partial charge >= 0.3 is 0 Å². The lowest BCUT2D eigenvalue weighted by Gasteiger charge is -2.12. The Balaban J connectivity index is 1.46. The molecule has 0 unspecified atom stereocenters. The molecule has 34 heavy (non-hydrogen) atoms. The predicted octanol–water partition coefficient (Wildman–Crippen LogP) is 6.48. The van der Waals surface area contributed by atoms with Crippen molar-refractivity contribution in [2.45, 2.75) is 13.5 Å². The van der Waals surface area contributed by atoms with E-state index in [0.29, 0.717) is 27.6 Å². The molecule has 0 bridgehead atoms. The molecule has 2 heterocycles. The predicted molar refractivity (Wildman–Crippen MR) is 129 cm³/mol. The second-order valence-corrected chi connectivity index (χ2v) is 8.48. The van der Waals surface area contributed by atoms with Crippen LogP contribution in [0.5, 0.6) is 17.2 Å². The molecule has 7 heteroatoms. The topological polar surface area (TPSA) is 49.7 Å². The van der Waals surface area contributed by atoms with E-state index in [4.69, 9.17) is 25.8 Å². The molecule has 0 saturated heterocycles. The van der Waals surface area contributed by atoms with Gasteiger partial charge in [-0.15, -0.1) is 0 Å². The lowest BCUT2D eigenvalue weighted by molar-refractivity contribution is 0.101. The lowest BCUT2D eigenvalue weighted by Crippen LogP contribution is -2.01. The minimum atomic E-state index is -0.435. The molecule has 0 aliphatic carbocycles. The fraction of sp³-hybridized carbons (Fsp3) is 0.148. The van der Waals surface area contributed by atoms with Gasteiger partial charge < -0.3 is 18.8 Å². The molecule has 5 nitrogen and oxygen atoms in total. The van der Waals surface area contributed by atoms with Crippen LogP contribution in [0, 0.1) is 12.7 Å². The van der Waals surface area contributed by atoms with E-state index in [1.54, 1.807) is 44.4 Å². The van der Waals surface area contributed by atoms with Crippen molar-refractivity contribution >= 4 is 34.4 Å². The lowest BCUT2D eigenvalue weighted by atomic mass is 10.1. The van der Waals surface area contributed by atoms with Crippen LogP contribution >= 0.6 is 11.6 Å². The van der Waals surface area contributed by atoms with Gasteiger partial charge in [-0.3, -0.25) is 4.79 Å². The number of ether oxygens (including phenoxy) is 3. The van der Waals surface area contributed by atoms with E-state index in [1.807, 2.05) is 36.0 Å². The van der Waals surface area contributed by atoms with Gasteiger partial charge in [0.2, 0.25) is 5.78 Å². The van der Waals surface area contributed by atoms with Gasteiger partial charge in [0.25, 0.3) is 0 Å². The van der Waals surface area contributed by atoms with Gasteiger partial charge in [0.15, 0.2) is 5.76 Å². The van der Waals surface area contributed by atoms with Crippen molar-refractivity contribution < 1.29 is 23.4 Å². The SMILES string of the molecule is COc1ccc2c(c1)c(/C=C1\Oc3c(ccc(OCc4c(F)cccc4Cl)c3C)C1=O)cn2C. The second-order valence-electron chi connectivity index (χ2n) is 8.07. The van der Waals surface area contributed by atoms with Crippen molar-refractivity contribution in [3.63, 3.8) is 0 Å². The van der Waals surface area contributed by atoms with Crippen molar-refractivity contribution in [3.8, 4) is 17.2 Å². The Kier molecular flexibility index (Phi) is 5.54. The number of hydrogen-bond acceptors (Lipinski definition) is 4. The zero-order valence-corrected chi connectivity index (χ0v) is 19.6. The summed E-state index contributed by atoms with van der Waals surface area (Å²) < 4.78 is 33.3. The normalized spacial score (nSPS) is 13.9. The zero-order chi connectivity index (χ0) is 24.0. The van der Waals surface area contributed by atoms with Crippen LogP contribution in [0.1, 0.15) is 27.0 Å². The summed E-state index contributed by atoms with van der Waals surface area (Å²) in [5.74, 6) is 1.24. The van der Waals surface area contributed by atoms with Gasteiger partial charge in [-0.1, -0.05) is 17.7 Å². The van der Waals surface area contributed by atoms with E-state index in [-0.39, 0.29) is 23.7 Å². The molecule has 5 rings (SSSR count). The van der Waals surface area contributed by atoms with E-state index < -0.39 is 5.82 Å². The van der Waals surface area contributed by atoms with Crippen molar-refractivity contribution in [1.29, 1.82) is 0 Å². The molecule has 0 spiro atoms. The van der Waals surface area contributed by atoms with Crippen LogP contribution in [-0.4, -0.2) is 17.5 Å². The van der Waals surface area contributed by atoms with Gasteiger partial charge in [0.05, 0.1) is 17.7 Å². The van der Waals surface area contributed by atoms with Crippen LogP contribution in [0.4, 0.5) is 4.39 Å². The first kappa shape index (κ1) is 22.0. The Morgan fingerprint density at radius 2 is 2.00 bits per heavy atom. The summed E-state index contributed by atoms with van der Waals surface area (Å²) in [6.07, 6.45) is 3.68.